The summed E-state index contributed by atoms with van der Waals surface area (Å²) < 4.78 is 76.6. The van der Waals surface area contributed by atoms with Gasteiger partial charge in [0.15, 0.2) is 109 Å². The monoisotopic (exact) mass is 1960 g/mol. The Morgan fingerprint density at radius 2 is 0.556 bits per heavy atom. The van der Waals surface area contributed by atoms with Crippen LogP contribution < -0.4 is 52.9 Å². The molecular weight excluding hydrogens is 1860 g/mol. The van der Waals surface area contributed by atoms with Crippen LogP contribution in [-0.2, 0) is 14.2 Å². The quantitative estimate of drug-likeness (QED) is 0.0416. The molecule has 0 fully saturated rings. The van der Waals surface area contributed by atoms with Gasteiger partial charge in [-0.25, -0.2) is 39.3 Å². The number of oxazole rings is 5. The van der Waals surface area contributed by atoms with Gasteiger partial charge in [0, 0.05) is 195 Å². The van der Waals surface area contributed by atoms with Crippen LogP contribution in [0.3, 0.4) is 0 Å². The zero-order chi connectivity index (χ0) is 97.7. The highest BCUT2D eigenvalue weighted by Crippen LogP contribution is 2.54. The van der Waals surface area contributed by atoms with Crippen LogP contribution >= 0.6 is 58.0 Å². The molecule has 716 valence electrons. The van der Waals surface area contributed by atoms with E-state index in [-0.39, 0.29) is 81.9 Å². The van der Waals surface area contributed by atoms with Gasteiger partial charge in [0.25, 0.3) is 11.8 Å². The zero-order valence-corrected chi connectivity index (χ0v) is 81.3. The maximum absolute atomic E-state index is 13.6. The summed E-state index contributed by atoms with van der Waals surface area (Å²) in [5.74, 6) is 5.03. The van der Waals surface area contributed by atoms with Crippen molar-refractivity contribution in [3.05, 3.63) is 123 Å². The zero-order valence-electron chi connectivity index (χ0n) is 77.5. The summed E-state index contributed by atoms with van der Waals surface area (Å²) in [7, 11) is 9.16. The van der Waals surface area contributed by atoms with Gasteiger partial charge in [-0.05, 0) is 86.6 Å². The maximum atomic E-state index is 13.6. The van der Waals surface area contributed by atoms with Gasteiger partial charge in [0.05, 0.1) is 82.1 Å². The van der Waals surface area contributed by atoms with Crippen LogP contribution in [0.2, 0.25) is 0 Å². The van der Waals surface area contributed by atoms with E-state index in [9.17, 15) is 49.5 Å². The number of rotatable bonds is 13. The van der Waals surface area contributed by atoms with E-state index >= 15 is 0 Å². The Labute approximate surface area is 797 Å². The van der Waals surface area contributed by atoms with Gasteiger partial charge < -0.3 is 110 Å². The maximum Gasteiger partial charge on any atom is 0.414 e. The Morgan fingerprint density at radius 3 is 0.756 bits per heavy atom. The molecule has 5 atom stereocenters. The average Bonchev–Trinajstić information content (AvgIpc) is 1.60. The van der Waals surface area contributed by atoms with Gasteiger partial charge in [-0.3, -0.25) is 24.3 Å². The predicted octanol–water partition coefficient (Wildman–Crippen LogP) is 20.4. The normalized spacial score (nSPS) is 16.5. The number of ether oxygens (including phenoxy) is 9. The molecule has 7 aromatic heterocycles. The molecular formula is C94H101Cl5N12O24. The Morgan fingerprint density at radius 1 is 0.341 bits per heavy atom. The molecule has 7 N–H and O–H groups in total. The number of amides is 5. The number of phenolic OH excluding ortho intramolecular Hbond substituents is 5. The molecule has 0 saturated heterocycles. The number of carbonyl (C=O) groups is 5. The van der Waals surface area contributed by atoms with Crippen LogP contribution in [0.5, 0.6) is 63.2 Å². The van der Waals surface area contributed by atoms with Crippen LogP contribution in [0, 0.1) is 34.6 Å². The number of aryl methyl sites for hydroxylation is 5. The minimum absolute atomic E-state index is 0.0527. The number of nitrogens with zero attached hydrogens (tertiary/aromatic N) is 10. The lowest BCUT2D eigenvalue weighted by Gasteiger charge is -2.25. The largest absolute Gasteiger partial charge is 0.504 e. The summed E-state index contributed by atoms with van der Waals surface area (Å²) >= 11 is 30.8. The van der Waals surface area contributed by atoms with E-state index in [1.807, 2.05) is 62.3 Å². The number of methoxy groups -OCH3 is 6. The second-order valence-corrected chi connectivity index (χ2v) is 37.2. The lowest BCUT2D eigenvalue weighted by atomic mass is 10.0. The standard InChI is InChI=1S/2C23H22ClN3O6.3C16H19ClN2O4/c2*1-10-25-19-17-12(8-24)9-27(14(17)7-15(28)20(19)33-10)23(29)13-5-11-6-16(30-2)21(31-3)22(32-4)18(11)26-13;3*1-8-18-13-12-9(6-17)7-19(15(21)23-16(2,3)4)10(12)5-11(20)14(13)22-8/h2*5-7,12,26,28H,8-9H2,1-4H3;3*5,9,20H,6-7H2,1-4H3/t2*12-;2*9-;/m1010./s1. The highest BCUT2D eigenvalue weighted by Gasteiger charge is 2.45. The van der Waals surface area contributed by atoms with Gasteiger partial charge >= 0.3 is 18.3 Å². The number of benzene rings is 7. The minimum atomic E-state index is -0.604. The minimum Gasteiger partial charge on any atom is -0.504 e. The first kappa shape index (κ1) is 96.5. The van der Waals surface area contributed by atoms with Crippen molar-refractivity contribution in [3.63, 3.8) is 0 Å². The van der Waals surface area contributed by atoms with Crippen molar-refractivity contribution < 1.29 is 114 Å². The Hall–Kier alpha value is -13.0. The Bertz CT molecular complexity index is 6500. The number of H-pyrrole nitrogens is 2. The smallest absolute Gasteiger partial charge is 0.414 e. The molecule has 0 spiro atoms. The van der Waals surface area contributed by atoms with Gasteiger partial charge in [0.2, 0.25) is 11.5 Å². The van der Waals surface area contributed by atoms with Gasteiger partial charge in [-0.15, -0.1) is 58.0 Å². The molecule has 0 radical (unpaired) electrons. The second kappa shape index (κ2) is 37.3. The fraction of sp³-hybridized carbons (Fsp3) is 0.404. The number of aromatic amines is 2. The molecule has 0 aliphatic carbocycles. The molecule has 1 unspecified atom stereocenters. The lowest BCUT2D eigenvalue weighted by molar-refractivity contribution is 0.0571. The van der Waals surface area contributed by atoms with Crippen LogP contribution in [0.4, 0.5) is 42.8 Å². The van der Waals surface area contributed by atoms with Crippen molar-refractivity contribution in [1.82, 2.24) is 34.9 Å². The highest BCUT2D eigenvalue weighted by molar-refractivity contribution is 6.22. The molecule has 5 aliphatic rings. The number of aromatic hydroxyl groups is 5. The number of hydrogen-bond acceptors (Lipinski definition) is 29. The summed E-state index contributed by atoms with van der Waals surface area (Å²) in [5, 5.41) is 53.1. The summed E-state index contributed by atoms with van der Waals surface area (Å²) in [5.41, 5.74) is 11.2. The molecule has 41 heteroatoms. The number of phenols is 5. The molecule has 0 saturated carbocycles. The number of hydrogen-bond donors (Lipinski definition) is 7. The number of nitrogens with one attached hydrogen (secondary N) is 2. The number of aromatic nitrogens is 7. The van der Waals surface area contributed by atoms with Gasteiger partial charge in [-0.2, -0.15) is 0 Å². The van der Waals surface area contributed by atoms with Crippen LogP contribution in [0.1, 0.15) is 170 Å². The molecule has 36 nitrogen and oxygen atoms in total. The van der Waals surface area contributed by atoms with Crippen molar-refractivity contribution in [2.75, 3.05) is 129 Å². The Balaban J connectivity index is 0.000000130. The summed E-state index contributed by atoms with van der Waals surface area (Å²) in [6.45, 7) is 26.7. The molecule has 19 rings (SSSR count). The molecule has 5 aliphatic heterocycles. The fourth-order valence-corrected chi connectivity index (χ4v) is 18.8. The van der Waals surface area contributed by atoms with E-state index in [0.29, 0.717) is 221 Å². The molecule has 135 heavy (non-hydrogen) atoms. The van der Waals surface area contributed by atoms with Crippen molar-refractivity contribution in [2.45, 2.75) is 143 Å². The van der Waals surface area contributed by atoms with Crippen molar-refractivity contribution >= 4 is 194 Å². The Kier molecular flexibility index (Phi) is 26.7. The number of halogens is 5. The third kappa shape index (κ3) is 18.1. The van der Waals surface area contributed by atoms with Gasteiger partial charge in [-0.1, -0.05) is 0 Å². The van der Waals surface area contributed by atoms with Crippen molar-refractivity contribution in [1.29, 1.82) is 0 Å². The fourth-order valence-electron chi connectivity index (χ4n) is 17.6. The number of carbonyl (C=O) groups excluding carboxylic acids is 5. The lowest BCUT2D eigenvalue weighted by Crippen LogP contribution is -2.36. The van der Waals surface area contributed by atoms with E-state index < -0.39 is 35.1 Å². The number of fused-ring (bicyclic) bond motifs is 17. The van der Waals surface area contributed by atoms with E-state index in [2.05, 4.69) is 34.9 Å². The number of alkyl halides is 5. The average molecular weight is 1960 g/mol. The third-order valence-electron chi connectivity index (χ3n) is 22.9. The number of anilines is 5. The molecule has 7 aromatic carbocycles. The second-order valence-electron chi connectivity index (χ2n) is 35.6. The summed E-state index contributed by atoms with van der Waals surface area (Å²) in [4.78, 5) is 101. The first-order valence-corrected chi connectivity index (χ1v) is 45.4. The van der Waals surface area contributed by atoms with E-state index in [1.54, 1.807) is 68.7 Å². The van der Waals surface area contributed by atoms with E-state index in [1.165, 1.54) is 87.7 Å². The van der Waals surface area contributed by atoms with Crippen molar-refractivity contribution in [2.24, 2.45) is 0 Å². The molecule has 12 heterocycles. The molecule has 0 bridgehead atoms. The predicted molar refractivity (Wildman–Crippen MR) is 509 cm³/mol. The van der Waals surface area contributed by atoms with Crippen molar-refractivity contribution in [3.8, 4) is 63.2 Å². The molecule has 14 aromatic rings. The first-order chi connectivity index (χ1) is 63.9. The summed E-state index contributed by atoms with van der Waals surface area (Å²) in [6.07, 6.45) is -1.40. The molecule has 5 amide bonds. The van der Waals surface area contributed by atoms with Crippen LogP contribution in [0.15, 0.2) is 76.7 Å². The summed E-state index contributed by atoms with van der Waals surface area (Å²) in [6, 6.07) is 14.6. The third-order valence-corrected chi connectivity index (χ3v) is 24.8. The van der Waals surface area contributed by atoms with E-state index in [0.717, 1.165) is 38.6 Å². The highest BCUT2D eigenvalue weighted by atomic mass is 35.5. The van der Waals surface area contributed by atoms with E-state index in [4.69, 9.17) is 123 Å². The van der Waals surface area contributed by atoms with Crippen LogP contribution in [0.25, 0.3) is 77.3 Å². The van der Waals surface area contributed by atoms with Crippen LogP contribution in [-0.4, -0.2) is 212 Å². The topological polar surface area (TPSA) is 448 Å². The SMILES string of the molecule is COc1cc2cc(C(=O)N3C[C@@H](CCl)c4c3cc(O)c3oc(C)nc43)[nH]c2c(OC)c1OC.COc1cc2cc(C(=O)N3C[C@H](CCl)c4c3cc(O)c3oc(C)nc43)[nH]c2c(OC)c1OC.Cc1nc2c3c(cc(O)c2o1)N(C(=O)OC(C)(C)C)CC3CCl.Cc1nc2c3c(cc(O)c2o1)N(C(=O)OC(C)(C)C)C[C@@H]3CCl.Cc1nc2c3c(cc(O)c2o1)N(C(=O)OC(C)(C)C)C[C@H]3CCl. The first-order valence-electron chi connectivity index (χ1n) is 42.7. The van der Waals surface area contributed by atoms with Gasteiger partial charge in [0.1, 0.15) is 55.8 Å².